The predicted molar refractivity (Wildman–Crippen MR) is 115 cm³/mol. The fraction of sp³-hybridized carbons (Fsp3) is 0.250. The Hall–Kier alpha value is -1.55. The first-order chi connectivity index (χ1) is 13.9. The van der Waals surface area contributed by atoms with Crippen molar-refractivity contribution in [3.8, 4) is 0 Å². The summed E-state index contributed by atoms with van der Waals surface area (Å²) in [7, 11) is -16.9. The van der Waals surface area contributed by atoms with Crippen LogP contribution in [0.15, 0.2) is 57.2 Å². The molecule has 0 heterocycles. The molecule has 0 spiro atoms. The van der Waals surface area contributed by atoms with E-state index in [0.717, 1.165) is 24.5 Å². The number of sulfonamides is 3. The van der Waals surface area contributed by atoms with Crippen molar-refractivity contribution in [1.82, 2.24) is 8.85 Å². The summed E-state index contributed by atoms with van der Waals surface area (Å²) in [5.74, 6) is 0. The lowest BCUT2D eigenvalue weighted by Gasteiger charge is -2.14. The highest BCUT2D eigenvalue weighted by Gasteiger charge is 2.30. The average Bonchev–Trinajstić information content (AvgIpc) is 2.58. The van der Waals surface area contributed by atoms with E-state index in [1.807, 2.05) is 0 Å². The lowest BCUT2D eigenvalue weighted by Crippen LogP contribution is -2.30. The number of nitrogens with one attached hydrogen (secondary N) is 2. The van der Waals surface area contributed by atoms with Gasteiger partial charge in [0.15, 0.2) is 0 Å². The van der Waals surface area contributed by atoms with E-state index < -0.39 is 55.7 Å². The number of hydrogen-bond acceptors (Lipinski definition) is 8. The number of rotatable bonds is 8. The minimum atomic E-state index is -4.78. The van der Waals surface area contributed by atoms with Crippen LogP contribution < -0.4 is 8.85 Å². The fourth-order valence-electron chi connectivity index (χ4n) is 2.61. The van der Waals surface area contributed by atoms with Gasteiger partial charge in [-0.3, -0.25) is 0 Å². The monoisotopic (exact) mass is 530 g/mol. The van der Waals surface area contributed by atoms with Gasteiger partial charge in [-0.1, -0.05) is 23.7 Å². The summed E-state index contributed by atoms with van der Waals surface area (Å²) >= 11 is 5.81. The van der Waals surface area contributed by atoms with E-state index in [1.54, 1.807) is 6.92 Å². The molecule has 31 heavy (non-hydrogen) atoms. The second kappa shape index (κ2) is 8.77. The van der Waals surface area contributed by atoms with Crippen molar-refractivity contribution < 1.29 is 33.7 Å². The standard InChI is InChI=1S/C16H19ClN2O8S4/c1-11(18-28(2,20)21)12-4-7-14(8-5-12)30(24,25)15-9-6-13(17)10-16(15)31(26,27)19-29(3,22)23/h4-11,18-19H,1-3H3/t11-/m0/s1. The molecule has 10 nitrogen and oxygen atoms in total. The van der Waals surface area contributed by atoms with Crippen molar-refractivity contribution in [1.29, 1.82) is 0 Å². The van der Waals surface area contributed by atoms with Crippen molar-refractivity contribution in [2.75, 3.05) is 12.5 Å². The molecule has 2 aromatic carbocycles. The number of halogens is 1. The van der Waals surface area contributed by atoms with Gasteiger partial charge in [0.25, 0.3) is 10.0 Å². The van der Waals surface area contributed by atoms with E-state index in [1.165, 1.54) is 28.4 Å². The van der Waals surface area contributed by atoms with Crippen LogP contribution in [0.5, 0.6) is 0 Å². The van der Waals surface area contributed by atoms with E-state index >= 15 is 0 Å². The molecule has 0 unspecified atom stereocenters. The van der Waals surface area contributed by atoms with Crippen LogP contribution in [0.3, 0.4) is 0 Å². The third-order valence-corrected chi connectivity index (χ3v) is 9.81. The maximum atomic E-state index is 13.1. The molecule has 2 aromatic rings. The molecule has 0 bridgehead atoms. The molecule has 15 heteroatoms. The van der Waals surface area contributed by atoms with Crippen LogP contribution in [0.1, 0.15) is 18.5 Å². The number of sulfone groups is 1. The summed E-state index contributed by atoms with van der Waals surface area (Å²) in [6, 6.07) is 7.39. The number of benzene rings is 2. The van der Waals surface area contributed by atoms with Gasteiger partial charge in [0.05, 0.1) is 22.3 Å². The molecule has 0 radical (unpaired) electrons. The molecule has 0 amide bonds. The second-order valence-corrected chi connectivity index (χ2v) is 14.4. The van der Waals surface area contributed by atoms with Crippen LogP contribution in [-0.4, -0.2) is 46.2 Å². The van der Waals surface area contributed by atoms with Crippen molar-refractivity contribution >= 4 is 51.5 Å². The Balaban J connectivity index is 2.57. The first-order valence-corrected chi connectivity index (χ1v) is 15.4. The van der Waals surface area contributed by atoms with Gasteiger partial charge in [-0.2, -0.15) is 0 Å². The zero-order chi connectivity index (χ0) is 23.8. The summed E-state index contributed by atoms with van der Waals surface area (Å²) in [6.07, 6.45) is 1.59. The largest absolute Gasteiger partial charge is 0.254 e. The molecule has 0 aliphatic rings. The molecule has 0 fully saturated rings. The minimum Gasteiger partial charge on any atom is -0.218 e. The van der Waals surface area contributed by atoms with Crippen molar-refractivity contribution in [3.63, 3.8) is 0 Å². The molecule has 0 saturated heterocycles. The third-order valence-electron chi connectivity index (χ3n) is 3.83. The topological polar surface area (TPSA) is 161 Å². The molecule has 0 aromatic heterocycles. The molecular weight excluding hydrogens is 512 g/mol. The highest BCUT2D eigenvalue weighted by Crippen LogP contribution is 2.30. The highest BCUT2D eigenvalue weighted by molar-refractivity contribution is 8.04. The Bertz CT molecular complexity index is 1420. The zero-order valence-corrected chi connectivity index (χ0v) is 20.4. The Labute approximate surface area is 186 Å². The summed E-state index contributed by atoms with van der Waals surface area (Å²) in [6.45, 7) is 1.56. The van der Waals surface area contributed by atoms with Gasteiger partial charge >= 0.3 is 0 Å². The fourth-order valence-corrected chi connectivity index (χ4v) is 8.17. The van der Waals surface area contributed by atoms with Crippen molar-refractivity contribution in [2.24, 2.45) is 0 Å². The van der Waals surface area contributed by atoms with Gasteiger partial charge < -0.3 is 0 Å². The first-order valence-electron chi connectivity index (χ1n) is 8.28. The van der Waals surface area contributed by atoms with Crippen LogP contribution >= 0.6 is 11.6 Å². The first kappa shape index (κ1) is 25.7. The van der Waals surface area contributed by atoms with Crippen LogP contribution in [0, 0.1) is 0 Å². The molecule has 172 valence electrons. The van der Waals surface area contributed by atoms with E-state index in [2.05, 4.69) is 4.72 Å². The minimum absolute atomic E-state index is 0.121. The second-order valence-electron chi connectivity index (χ2n) is 6.63. The lowest BCUT2D eigenvalue weighted by molar-refractivity contribution is 0.572. The van der Waals surface area contributed by atoms with Crippen LogP contribution in [0.2, 0.25) is 5.02 Å². The van der Waals surface area contributed by atoms with Gasteiger partial charge in [0.1, 0.15) is 4.90 Å². The van der Waals surface area contributed by atoms with Crippen molar-refractivity contribution in [2.45, 2.75) is 27.7 Å². The maximum absolute atomic E-state index is 13.1. The smallest absolute Gasteiger partial charge is 0.218 e. The molecule has 0 aliphatic carbocycles. The van der Waals surface area contributed by atoms with Crippen LogP contribution in [-0.2, 0) is 39.9 Å². The van der Waals surface area contributed by atoms with E-state index in [-0.39, 0.29) is 9.92 Å². The Morgan fingerprint density at radius 3 is 1.81 bits per heavy atom. The van der Waals surface area contributed by atoms with Gasteiger partial charge in [-0.25, -0.2) is 38.4 Å². The zero-order valence-electron chi connectivity index (χ0n) is 16.4. The summed E-state index contributed by atoms with van der Waals surface area (Å²) in [5.41, 5.74) is 0.465. The summed E-state index contributed by atoms with van der Waals surface area (Å²) in [4.78, 5) is -1.80. The van der Waals surface area contributed by atoms with Gasteiger partial charge in [0, 0.05) is 11.1 Å². The third kappa shape index (κ3) is 6.71. The van der Waals surface area contributed by atoms with Crippen LogP contribution in [0.4, 0.5) is 0 Å². The van der Waals surface area contributed by atoms with Gasteiger partial charge in [0.2, 0.25) is 29.9 Å². The summed E-state index contributed by atoms with van der Waals surface area (Å²) < 4.78 is 100. The predicted octanol–water partition coefficient (Wildman–Crippen LogP) is 1.02. The molecule has 2 N–H and O–H groups in total. The Morgan fingerprint density at radius 2 is 1.32 bits per heavy atom. The summed E-state index contributed by atoms with van der Waals surface area (Å²) in [5, 5.41) is -0.121. The van der Waals surface area contributed by atoms with E-state index in [9.17, 15) is 33.7 Å². The lowest BCUT2D eigenvalue weighted by atomic mass is 10.1. The van der Waals surface area contributed by atoms with Crippen molar-refractivity contribution in [3.05, 3.63) is 53.1 Å². The molecule has 2 rings (SSSR count). The SMILES string of the molecule is C[C@H](NS(C)(=O)=O)c1ccc(S(=O)(=O)c2ccc(Cl)cc2S(=O)(=O)NS(C)(=O)=O)cc1. The number of hydrogen-bond donors (Lipinski definition) is 2. The molecule has 0 saturated carbocycles. The molecule has 0 aliphatic heterocycles. The van der Waals surface area contributed by atoms with Crippen LogP contribution in [0.25, 0.3) is 0 Å². The highest BCUT2D eigenvalue weighted by atomic mass is 35.5. The Morgan fingerprint density at radius 1 is 0.774 bits per heavy atom. The van der Waals surface area contributed by atoms with E-state index in [4.69, 9.17) is 11.6 Å². The van der Waals surface area contributed by atoms with Gasteiger partial charge in [-0.15, -0.1) is 4.13 Å². The molecular formula is C16H19ClN2O8S4. The molecule has 1 atom stereocenters. The Kier molecular flexibility index (Phi) is 7.27. The maximum Gasteiger partial charge on any atom is 0.254 e. The van der Waals surface area contributed by atoms with E-state index in [0.29, 0.717) is 11.8 Å². The average molecular weight is 531 g/mol. The normalized spacial score (nSPS) is 14.3. The van der Waals surface area contributed by atoms with Gasteiger partial charge in [-0.05, 0) is 42.8 Å². The quantitative estimate of drug-likeness (QED) is 0.511.